The van der Waals surface area contributed by atoms with Gasteiger partial charge in [-0.1, -0.05) is 12.6 Å². The lowest BCUT2D eigenvalue weighted by atomic mass is 10.1. The van der Waals surface area contributed by atoms with Gasteiger partial charge in [-0.05, 0) is 43.5 Å². The molecular weight excluding hydrogens is 322 g/mol. The summed E-state index contributed by atoms with van der Waals surface area (Å²) < 4.78 is 27.2. The van der Waals surface area contributed by atoms with Gasteiger partial charge >= 0.3 is 0 Å². The Hall–Kier alpha value is -2.21. The molecule has 0 spiro atoms. The second-order valence-electron chi connectivity index (χ2n) is 6.66. The van der Waals surface area contributed by atoms with Gasteiger partial charge in [0.2, 0.25) is 0 Å². The van der Waals surface area contributed by atoms with E-state index in [4.69, 9.17) is 5.73 Å². The Kier molecular flexibility index (Phi) is 5.18. The Morgan fingerprint density at radius 2 is 2.20 bits per heavy atom. The van der Waals surface area contributed by atoms with Crippen LogP contribution in [0.25, 0.3) is 0 Å². The van der Waals surface area contributed by atoms with E-state index in [1.807, 2.05) is 12.3 Å². The van der Waals surface area contributed by atoms with Crippen LogP contribution in [0, 0.1) is 5.92 Å². The van der Waals surface area contributed by atoms with E-state index in [0.717, 1.165) is 31.0 Å². The van der Waals surface area contributed by atoms with Crippen LogP contribution in [0.1, 0.15) is 24.1 Å². The van der Waals surface area contributed by atoms with Crippen molar-refractivity contribution in [2.24, 2.45) is 11.7 Å². The second-order valence-corrected chi connectivity index (χ2v) is 6.66. The zero-order valence-corrected chi connectivity index (χ0v) is 14.2. The fourth-order valence-corrected chi connectivity index (χ4v) is 3.17. The number of nitrogens with zero attached hydrogens (tertiary/aromatic N) is 1. The van der Waals surface area contributed by atoms with Crippen LogP contribution in [-0.2, 0) is 12.8 Å². The summed E-state index contributed by atoms with van der Waals surface area (Å²) in [6, 6.07) is 4.08. The van der Waals surface area contributed by atoms with Gasteiger partial charge in [-0.2, -0.15) is 0 Å². The predicted octanol–water partition coefficient (Wildman–Crippen LogP) is 2.64. The molecular formula is C19H24F2N4. The largest absolute Gasteiger partial charge is 0.372 e. The lowest BCUT2D eigenvalue weighted by Crippen LogP contribution is -2.39. The van der Waals surface area contributed by atoms with Crippen molar-refractivity contribution in [3.05, 3.63) is 65.8 Å². The van der Waals surface area contributed by atoms with Crippen LogP contribution in [0.5, 0.6) is 0 Å². The minimum atomic E-state index is -0.803. The average molecular weight is 346 g/mol. The molecule has 25 heavy (non-hydrogen) atoms. The molecule has 3 rings (SSSR count). The molecule has 2 aliphatic carbocycles. The zero-order chi connectivity index (χ0) is 17.9. The Labute approximate surface area is 146 Å². The topological polar surface area (TPSA) is 63.0 Å². The van der Waals surface area contributed by atoms with Crippen molar-refractivity contribution in [3.63, 3.8) is 0 Å². The summed E-state index contributed by atoms with van der Waals surface area (Å²) in [5.74, 6) is -0.563. The van der Waals surface area contributed by atoms with Crippen LogP contribution in [-0.4, -0.2) is 23.6 Å². The van der Waals surface area contributed by atoms with Gasteiger partial charge < -0.3 is 16.4 Å². The van der Waals surface area contributed by atoms with Crippen LogP contribution in [0.15, 0.2) is 54.5 Å². The van der Waals surface area contributed by atoms with Gasteiger partial charge in [-0.15, -0.1) is 0 Å². The first-order chi connectivity index (χ1) is 12.0. The molecule has 0 aliphatic heterocycles. The van der Waals surface area contributed by atoms with Crippen molar-refractivity contribution in [1.29, 1.82) is 0 Å². The molecule has 0 amide bonds. The lowest BCUT2D eigenvalue weighted by Gasteiger charge is -2.22. The first-order valence-electron chi connectivity index (χ1n) is 8.63. The smallest absolute Gasteiger partial charge is 0.129 e. The molecule has 1 aromatic heterocycles. The average Bonchev–Trinajstić information content (AvgIpc) is 3.28. The predicted molar refractivity (Wildman–Crippen MR) is 94.8 cm³/mol. The molecule has 1 saturated carbocycles. The minimum absolute atomic E-state index is 0.140. The molecule has 0 aromatic carbocycles. The maximum atomic E-state index is 14.0. The maximum Gasteiger partial charge on any atom is 0.129 e. The molecule has 0 saturated heterocycles. The Bertz CT molecular complexity index is 696. The molecule has 4 N–H and O–H groups in total. The van der Waals surface area contributed by atoms with Gasteiger partial charge in [0.15, 0.2) is 0 Å². The first-order valence-corrected chi connectivity index (χ1v) is 8.63. The molecule has 2 unspecified atom stereocenters. The molecule has 1 fully saturated rings. The first kappa shape index (κ1) is 17.6. The molecule has 2 aliphatic rings. The third-order valence-corrected chi connectivity index (χ3v) is 4.71. The number of aryl methyl sites for hydroxylation is 1. The molecule has 134 valence electrons. The fourth-order valence-electron chi connectivity index (χ4n) is 3.17. The van der Waals surface area contributed by atoms with Crippen LogP contribution in [0.4, 0.5) is 8.78 Å². The normalized spacial score (nSPS) is 24.0. The van der Waals surface area contributed by atoms with Gasteiger partial charge in [-0.3, -0.25) is 4.98 Å². The van der Waals surface area contributed by atoms with Crippen LogP contribution < -0.4 is 16.4 Å². The van der Waals surface area contributed by atoms with Crippen molar-refractivity contribution >= 4 is 0 Å². The summed E-state index contributed by atoms with van der Waals surface area (Å²) in [5, 5.41) is 6.21. The van der Waals surface area contributed by atoms with Crippen LogP contribution >= 0.6 is 0 Å². The van der Waals surface area contributed by atoms with E-state index in [0.29, 0.717) is 25.3 Å². The SMILES string of the molecule is C=C(NCCc1ccc(CCCN)cn1)NC12CC1C=C(F)C=C2F. The summed E-state index contributed by atoms with van der Waals surface area (Å²) in [5.41, 5.74) is 6.87. The van der Waals surface area contributed by atoms with E-state index in [1.54, 1.807) is 0 Å². The molecule has 1 aromatic rings. The van der Waals surface area contributed by atoms with E-state index in [2.05, 4.69) is 28.3 Å². The number of allylic oxidation sites excluding steroid dienone is 2. The monoisotopic (exact) mass is 346 g/mol. The number of aromatic nitrogens is 1. The molecule has 4 nitrogen and oxygen atoms in total. The van der Waals surface area contributed by atoms with Crippen molar-refractivity contribution < 1.29 is 8.78 Å². The third-order valence-electron chi connectivity index (χ3n) is 4.71. The number of fused-ring (bicyclic) bond motifs is 1. The molecule has 6 heteroatoms. The van der Waals surface area contributed by atoms with E-state index in [-0.39, 0.29) is 5.92 Å². The highest BCUT2D eigenvalue weighted by Gasteiger charge is 2.58. The summed E-state index contributed by atoms with van der Waals surface area (Å²) >= 11 is 0. The Morgan fingerprint density at radius 3 is 2.88 bits per heavy atom. The summed E-state index contributed by atoms with van der Waals surface area (Å²) in [6.07, 6.45) is 7.48. The summed E-state index contributed by atoms with van der Waals surface area (Å²) in [7, 11) is 0. The highest BCUT2D eigenvalue weighted by molar-refractivity contribution is 5.42. The van der Waals surface area contributed by atoms with Crippen molar-refractivity contribution in [2.45, 2.75) is 31.2 Å². The maximum absolute atomic E-state index is 14.0. The van der Waals surface area contributed by atoms with Crippen LogP contribution in [0.2, 0.25) is 0 Å². The highest BCUT2D eigenvalue weighted by atomic mass is 19.1. The van der Waals surface area contributed by atoms with Gasteiger partial charge in [0.1, 0.15) is 11.7 Å². The number of nitrogens with two attached hydrogens (primary N) is 1. The van der Waals surface area contributed by atoms with Gasteiger partial charge in [0.05, 0.1) is 11.4 Å². The number of hydrogen-bond donors (Lipinski definition) is 3. The van der Waals surface area contributed by atoms with Gasteiger partial charge in [-0.25, -0.2) is 8.78 Å². The summed E-state index contributed by atoms with van der Waals surface area (Å²) in [6.45, 7) is 5.21. The molecule has 0 bridgehead atoms. The van der Waals surface area contributed by atoms with E-state index < -0.39 is 17.2 Å². The van der Waals surface area contributed by atoms with Gasteiger partial charge in [0, 0.05) is 36.9 Å². The second kappa shape index (κ2) is 7.35. The van der Waals surface area contributed by atoms with Crippen molar-refractivity contribution in [3.8, 4) is 0 Å². The van der Waals surface area contributed by atoms with Gasteiger partial charge in [0.25, 0.3) is 0 Å². The van der Waals surface area contributed by atoms with Crippen molar-refractivity contribution in [1.82, 2.24) is 15.6 Å². The number of rotatable bonds is 9. The molecule has 2 atom stereocenters. The fraction of sp³-hybridized carbons (Fsp3) is 0.421. The van der Waals surface area contributed by atoms with E-state index >= 15 is 0 Å². The number of halogens is 2. The minimum Gasteiger partial charge on any atom is -0.372 e. The Morgan fingerprint density at radius 1 is 1.36 bits per heavy atom. The zero-order valence-electron chi connectivity index (χ0n) is 14.2. The highest BCUT2D eigenvalue weighted by Crippen LogP contribution is 2.53. The van der Waals surface area contributed by atoms with Crippen molar-refractivity contribution in [2.75, 3.05) is 13.1 Å². The standard InChI is InChI=1S/C19H24F2N4/c1-13(25-19-11-15(19)9-16(20)10-18(19)21)23-8-6-17-5-4-14(12-24-17)3-2-7-22/h4-5,9-10,12,15,23,25H,1-3,6-8,11,22H2. The Balaban J connectivity index is 1.42. The van der Waals surface area contributed by atoms with Crippen LogP contribution in [0.3, 0.4) is 0 Å². The lowest BCUT2D eigenvalue weighted by molar-refractivity contribution is 0.441. The van der Waals surface area contributed by atoms with E-state index in [9.17, 15) is 8.78 Å². The van der Waals surface area contributed by atoms with E-state index in [1.165, 1.54) is 11.6 Å². The quantitative estimate of drug-likeness (QED) is 0.643. The third kappa shape index (κ3) is 4.07. The molecule has 0 radical (unpaired) electrons. The number of hydrogen-bond acceptors (Lipinski definition) is 4. The number of nitrogens with one attached hydrogen (secondary N) is 2. The summed E-state index contributed by atoms with van der Waals surface area (Å²) in [4.78, 5) is 4.44. The molecule has 1 heterocycles. The number of pyridine rings is 1.